The van der Waals surface area contributed by atoms with Crippen LogP contribution in [0.15, 0.2) is 36.4 Å². The first-order valence-electron chi connectivity index (χ1n) is 10.6. The highest BCUT2D eigenvalue weighted by molar-refractivity contribution is 5.79. The van der Waals surface area contributed by atoms with E-state index in [0.717, 1.165) is 54.3 Å². The molecule has 0 bridgehead atoms. The number of nitrogens with zero attached hydrogens (tertiary/aromatic N) is 2. The number of rotatable bonds is 6. The van der Waals surface area contributed by atoms with Crippen molar-refractivity contribution in [2.24, 2.45) is 0 Å². The van der Waals surface area contributed by atoms with Gasteiger partial charge in [-0.2, -0.15) is 0 Å². The van der Waals surface area contributed by atoms with Crippen LogP contribution in [-0.2, 0) is 11.3 Å². The summed E-state index contributed by atoms with van der Waals surface area (Å²) in [7, 11) is 3.67. The molecule has 0 radical (unpaired) electrons. The number of aryl methyl sites for hydroxylation is 1. The van der Waals surface area contributed by atoms with E-state index in [2.05, 4.69) is 23.1 Å². The number of carbonyl (C=O) groups is 1. The Kier molecular flexibility index (Phi) is 6.13. The van der Waals surface area contributed by atoms with Gasteiger partial charge in [-0.3, -0.25) is 9.69 Å². The summed E-state index contributed by atoms with van der Waals surface area (Å²) in [4.78, 5) is 17.2. The van der Waals surface area contributed by atoms with E-state index in [1.54, 1.807) is 7.11 Å². The minimum atomic E-state index is 0.102. The average Bonchev–Trinajstić information content (AvgIpc) is 3.23. The van der Waals surface area contributed by atoms with Crippen molar-refractivity contribution in [3.8, 4) is 17.2 Å². The molecule has 1 saturated heterocycles. The number of likely N-dealkylation sites (tertiary alicyclic amines) is 1. The van der Waals surface area contributed by atoms with Crippen molar-refractivity contribution in [2.75, 3.05) is 40.5 Å². The molecular weight excluding hydrogens is 380 g/mol. The number of carbonyl (C=O) groups excluding carboxylic acids is 1. The average molecular weight is 411 g/mol. The molecule has 6 heteroatoms. The van der Waals surface area contributed by atoms with Gasteiger partial charge >= 0.3 is 0 Å². The lowest BCUT2D eigenvalue weighted by Gasteiger charge is -2.28. The van der Waals surface area contributed by atoms with Crippen molar-refractivity contribution in [3.05, 3.63) is 53.1 Å². The molecule has 1 fully saturated rings. The minimum absolute atomic E-state index is 0.102. The zero-order valence-corrected chi connectivity index (χ0v) is 18.0. The molecule has 0 spiro atoms. The Bertz CT molecular complexity index is 914. The van der Waals surface area contributed by atoms with Gasteiger partial charge in [0.2, 0.25) is 5.91 Å². The number of benzene rings is 2. The van der Waals surface area contributed by atoms with E-state index in [1.165, 1.54) is 5.56 Å². The SMILES string of the molecule is COc1ccc(CN(C)CC(=O)N2CCCC2c2ccc3c(c2)OCCO3)cc1C. The molecule has 30 heavy (non-hydrogen) atoms. The largest absolute Gasteiger partial charge is 0.496 e. The van der Waals surface area contributed by atoms with Crippen LogP contribution in [0.1, 0.15) is 35.6 Å². The lowest BCUT2D eigenvalue weighted by atomic mass is 10.0. The monoisotopic (exact) mass is 410 g/mol. The first kappa shape index (κ1) is 20.5. The van der Waals surface area contributed by atoms with Crippen LogP contribution in [0.4, 0.5) is 0 Å². The van der Waals surface area contributed by atoms with Crippen molar-refractivity contribution in [2.45, 2.75) is 32.4 Å². The molecule has 160 valence electrons. The molecule has 2 aromatic rings. The molecule has 0 saturated carbocycles. The number of ether oxygens (including phenoxy) is 3. The van der Waals surface area contributed by atoms with E-state index in [-0.39, 0.29) is 11.9 Å². The molecule has 1 atom stereocenters. The minimum Gasteiger partial charge on any atom is -0.496 e. The topological polar surface area (TPSA) is 51.2 Å². The van der Waals surface area contributed by atoms with E-state index >= 15 is 0 Å². The molecule has 0 N–H and O–H groups in total. The number of methoxy groups -OCH3 is 1. The van der Waals surface area contributed by atoms with Gasteiger partial charge in [0, 0.05) is 13.1 Å². The third kappa shape index (κ3) is 4.38. The third-order valence-corrected chi connectivity index (χ3v) is 5.84. The fraction of sp³-hybridized carbons (Fsp3) is 0.458. The highest BCUT2D eigenvalue weighted by atomic mass is 16.6. The quantitative estimate of drug-likeness (QED) is 0.729. The summed E-state index contributed by atoms with van der Waals surface area (Å²) in [6.45, 7) is 5.11. The Morgan fingerprint density at radius 1 is 1.17 bits per heavy atom. The van der Waals surface area contributed by atoms with Gasteiger partial charge in [-0.05, 0) is 61.7 Å². The summed E-state index contributed by atoms with van der Waals surface area (Å²) < 4.78 is 16.7. The summed E-state index contributed by atoms with van der Waals surface area (Å²) in [6, 6.07) is 12.3. The van der Waals surface area contributed by atoms with Gasteiger partial charge in [0.15, 0.2) is 11.5 Å². The number of likely N-dealkylation sites (N-methyl/N-ethyl adjacent to an activating group) is 1. The predicted molar refractivity (Wildman–Crippen MR) is 115 cm³/mol. The zero-order valence-electron chi connectivity index (χ0n) is 18.0. The second kappa shape index (κ2) is 8.96. The van der Waals surface area contributed by atoms with Crippen molar-refractivity contribution in [3.63, 3.8) is 0 Å². The van der Waals surface area contributed by atoms with E-state index < -0.39 is 0 Å². The van der Waals surface area contributed by atoms with Gasteiger partial charge in [-0.1, -0.05) is 18.2 Å². The van der Waals surface area contributed by atoms with Crippen LogP contribution in [0, 0.1) is 6.92 Å². The lowest BCUT2D eigenvalue weighted by Crippen LogP contribution is -2.38. The lowest BCUT2D eigenvalue weighted by molar-refractivity contribution is -0.133. The summed E-state index contributed by atoms with van der Waals surface area (Å²) in [5, 5.41) is 0. The fourth-order valence-corrected chi connectivity index (χ4v) is 4.41. The van der Waals surface area contributed by atoms with E-state index in [4.69, 9.17) is 14.2 Å². The highest BCUT2D eigenvalue weighted by Gasteiger charge is 2.31. The smallest absolute Gasteiger partial charge is 0.237 e. The van der Waals surface area contributed by atoms with Crippen LogP contribution in [-0.4, -0.2) is 56.2 Å². The van der Waals surface area contributed by atoms with Gasteiger partial charge in [0.05, 0.1) is 19.7 Å². The van der Waals surface area contributed by atoms with Gasteiger partial charge in [0.1, 0.15) is 19.0 Å². The van der Waals surface area contributed by atoms with E-state index in [9.17, 15) is 4.79 Å². The van der Waals surface area contributed by atoms with Crippen LogP contribution in [0.25, 0.3) is 0 Å². The molecule has 2 aromatic carbocycles. The standard InChI is InChI=1S/C24H30N2O4/c1-17-13-18(6-8-21(17)28-3)15-25(2)16-24(27)26-10-4-5-20(26)19-7-9-22-23(14-19)30-12-11-29-22/h6-9,13-14,20H,4-5,10-12,15-16H2,1-3H3. The summed E-state index contributed by atoms with van der Waals surface area (Å²) in [5.41, 5.74) is 3.40. The number of hydrogen-bond acceptors (Lipinski definition) is 5. The molecule has 0 aliphatic carbocycles. The van der Waals surface area contributed by atoms with Crippen LogP contribution in [0.3, 0.4) is 0 Å². The Labute approximate surface area is 178 Å². The van der Waals surface area contributed by atoms with Crippen molar-refractivity contribution >= 4 is 5.91 Å². The molecule has 1 amide bonds. The molecular formula is C24H30N2O4. The van der Waals surface area contributed by atoms with Gasteiger partial charge in [-0.25, -0.2) is 0 Å². The maximum Gasteiger partial charge on any atom is 0.237 e. The zero-order chi connectivity index (χ0) is 21.1. The Hall–Kier alpha value is -2.73. The van der Waals surface area contributed by atoms with Crippen LogP contribution >= 0.6 is 0 Å². The van der Waals surface area contributed by atoms with Gasteiger partial charge in [0.25, 0.3) is 0 Å². The highest BCUT2D eigenvalue weighted by Crippen LogP contribution is 2.38. The first-order chi connectivity index (χ1) is 14.5. The molecule has 0 aromatic heterocycles. The first-order valence-corrected chi connectivity index (χ1v) is 10.6. The molecule has 4 rings (SSSR count). The molecule has 1 unspecified atom stereocenters. The normalized spacial score (nSPS) is 18.0. The van der Waals surface area contributed by atoms with Crippen LogP contribution < -0.4 is 14.2 Å². The Morgan fingerprint density at radius 2 is 1.97 bits per heavy atom. The third-order valence-electron chi connectivity index (χ3n) is 5.84. The molecule has 2 heterocycles. The Morgan fingerprint density at radius 3 is 2.73 bits per heavy atom. The Balaban J connectivity index is 1.40. The van der Waals surface area contributed by atoms with Gasteiger partial charge < -0.3 is 19.1 Å². The van der Waals surface area contributed by atoms with Crippen molar-refractivity contribution in [1.29, 1.82) is 0 Å². The number of amides is 1. The van der Waals surface area contributed by atoms with Gasteiger partial charge in [-0.15, -0.1) is 0 Å². The predicted octanol–water partition coefficient (Wildman–Crippen LogP) is 3.57. The number of hydrogen-bond donors (Lipinski definition) is 0. The molecule has 2 aliphatic rings. The summed E-state index contributed by atoms with van der Waals surface area (Å²) in [6.07, 6.45) is 2.00. The maximum absolute atomic E-state index is 13.1. The summed E-state index contributed by atoms with van der Waals surface area (Å²) >= 11 is 0. The van der Waals surface area contributed by atoms with E-state index in [1.807, 2.05) is 37.1 Å². The summed E-state index contributed by atoms with van der Waals surface area (Å²) in [5.74, 6) is 2.62. The van der Waals surface area contributed by atoms with Crippen molar-refractivity contribution < 1.29 is 19.0 Å². The molecule has 2 aliphatic heterocycles. The van der Waals surface area contributed by atoms with Crippen molar-refractivity contribution in [1.82, 2.24) is 9.80 Å². The second-order valence-electron chi connectivity index (χ2n) is 8.12. The molecule has 6 nitrogen and oxygen atoms in total. The van der Waals surface area contributed by atoms with Crippen LogP contribution in [0.2, 0.25) is 0 Å². The fourth-order valence-electron chi connectivity index (χ4n) is 4.41. The second-order valence-corrected chi connectivity index (χ2v) is 8.12. The van der Waals surface area contributed by atoms with E-state index in [0.29, 0.717) is 19.8 Å². The van der Waals surface area contributed by atoms with Crippen LogP contribution in [0.5, 0.6) is 17.2 Å². The maximum atomic E-state index is 13.1. The number of fused-ring (bicyclic) bond motifs is 1.